The number of imide groups is 1. The molecule has 2 amide bonds. The van der Waals surface area contributed by atoms with E-state index in [9.17, 15) is 9.59 Å². The average Bonchev–Trinajstić information content (AvgIpc) is 3.16. The predicted molar refractivity (Wildman–Crippen MR) is 83.7 cm³/mol. The van der Waals surface area contributed by atoms with Crippen LogP contribution in [0.3, 0.4) is 0 Å². The number of fused-ring (bicyclic) bond motifs is 2. The highest BCUT2D eigenvalue weighted by Crippen LogP contribution is 2.48. The van der Waals surface area contributed by atoms with Gasteiger partial charge in [-0.2, -0.15) is 0 Å². The molecule has 0 saturated heterocycles. The van der Waals surface area contributed by atoms with Gasteiger partial charge in [0.2, 0.25) is 0 Å². The Morgan fingerprint density at radius 3 is 2.09 bits per heavy atom. The number of rotatable bonds is 1. The highest BCUT2D eigenvalue weighted by Gasteiger charge is 2.47. The Labute approximate surface area is 128 Å². The van der Waals surface area contributed by atoms with E-state index in [2.05, 4.69) is 0 Å². The van der Waals surface area contributed by atoms with E-state index in [0.29, 0.717) is 23.0 Å². The SMILES string of the molecule is O=C1c2cccc3cccc(c23)C(=O)N1C1CC2CCC1C2. The highest BCUT2D eigenvalue weighted by molar-refractivity contribution is 6.25. The predicted octanol–water partition coefficient (Wildman–Crippen LogP) is 3.62. The molecule has 2 fully saturated rings. The topological polar surface area (TPSA) is 37.4 Å². The van der Waals surface area contributed by atoms with Crippen molar-refractivity contribution in [1.82, 2.24) is 4.90 Å². The molecule has 0 aromatic heterocycles. The van der Waals surface area contributed by atoms with Gasteiger partial charge < -0.3 is 0 Å². The van der Waals surface area contributed by atoms with E-state index in [-0.39, 0.29) is 17.9 Å². The van der Waals surface area contributed by atoms with Crippen molar-refractivity contribution in [2.24, 2.45) is 11.8 Å². The van der Waals surface area contributed by atoms with E-state index in [1.165, 1.54) is 12.8 Å². The summed E-state index contributed by atoms with van der Waals surface area (Å²) in [6.07, 6.45) is 4.62. The van der Waals surface area contributed by atoms with Crippen LogP contribution in [0.5, 0.6) is 0 Å². The summed E-state index contributed by atoms with van der Waals surface area (Å²) in [5.74, 6) is 1.05. The number of benzene rings is 2. The summed E-state index contributed by atoms with van der Waals surface area (Å²) >= 11 is 0. The molecule has 0 radical (unpaired) electrons. The lowest BCUT2D eigenvalue weighted by Crippen LogP contribution is -2.49. The van der Waals surface area contributed by atoms with Crippen LogP contribution in [0.4, 0.5) is 0 Å². The molecule has 2 aliphatic carbocycles. The third kappa shape index (κ3) is 1.46. The van der Waals surface area contributed by atoms with Gasteiger partial charge in [0.1, 0.15) is 0 Å². The zero-order valence-corrected chi connectivity index (χ0v) is 12.3. The smallest absolute Gasteiger partial charge is 0.261 e. The molecule has 0 N–H and O–H groups in total. The number of carbonyl (C=O) groups is 2. The molecule has 2 aromatic rings. The van der Waals surface area contributed by atoms with Crippen molar-refractivity contribution in [3.05, 3.63) is 47.5 Å². The molecule has 3 heteroatoms. The maximum Gasteiger partial charge on any atom is 0.261 e. The zero-order valence-electron chi connectivity index (χ0n) is 12.3. The van der Waals surface area contributed by atoms with Gasteiger partial charge in [0.05, 0.1) is 0 Å². The lowest BCUT2D eigenvalue weighted by molar-refractivity contribution is 0.0484. The first-order valence-corrected chi connectivity index (χ1v) is 8.13. The van der Waals surface area contributed by atoms with Crippen molar-refractivity contribution >= 4 is 22.6 Å². The van der Waals surface area contributed by atoms with E-state index in [4.69, 9.17) is 0 Å². The summed E-state index contributed by atoms with van der Waals surface area (Å²) in [5, 5.41) is 1.81. The molecule has 5 rings (SSSR count). The molecular weight excluding hydrogens is 274 g/mol. The number of hydrogen-bond acceptors (Lipinski definition) is 2. The summed E-state index contributed by atoms with van der Waals surface area (Å²) in [7, 11) is 0. The maximum atomic E-state index is 13.0. The van der Waals surface area contributed by atoms with Crippen LogP contribution >= 0.6 is 0 Å². The summed E-state index contributed by atoms with van der Waals surface area (Å²) < 4.78 is 0. The average molecular weight is 291 g/mol. The minimum Gasteiger partial charge on any atom is -0.271 e. The molecule has 3 unspecified atom stereocenters. The van der Waals surface area contributed by atoms with E-state index < -0.39 is 0 Å². The minimum atomic E-state index is -0.0909. The van der Waals surface area contributed by atoms with E-state index in [0.717, 1.165) is 23.6 Å². The second-order valence-corrected chi connectivity index (χ2v) is 6.93. The standard InChI is InChI=1S/C19H17NO2/c21-18-14-5-1-3-12-4-2-6-15(17(12)14)19(22)20(18)16-10-11-7-8-13(16)9-11/h1-6,11,13,16H,7-10H2. The van der Waals surface area contributed by atoms with Gasteiger partial charge >= 0.3 is 0 Å². The van der Waals surface area contributed by atoms with Crippen molar-refractivity contribution in [3.8, 4) is 0 Å². The van der Waals surface area contributed by atoms with E-state index in [1.807, 2.05) is 36.4 Å². The van der Waals surface area contributed by atoms with Crippen LogP contribution in [0.15, 0.2) is 36.4 Å². The third-order valence-electron chi connectivity index (χ3n) is 5.84. The second-order valence-electron chi connectivity index (χ2n) is 6.93. The van der Waals surface area contributed by atoms with Crippen LogP contribution in [0.25, 0.3) is 10.8 Å². The van der Waals surface area contributed by atoms with Gasteiger partial charge in [-0.15, -0.1) is 0 Å². The molecule has 110 valence electrons. The molecule has 3 nitrogen and oxygen atoms in total. The van der Waals surface area contributed by atoms with Crippen LogP contribution < -0.4 is 0 Å². The first kappa shape index (κ1) is 12.4. The fraction of sp³-hybridized carbons (Fsp3) is 0.368. The molecule has 3 aliphatic rings. The summed E-state index contributed by atoms with van der Waals surface area (Å²) in [4.78, 5) is 27.5. The van der Waals surface area contributed by atoms with Crippen LogP contribution in [-0.4, -0.2) is 22.8 Å². The van der Waals surface area contributed by atoms with Gasteiger partial charge in [-0.05, 0) is 48.6 Å². The van der Waals surface area contributed by atoms with Crippen LogP contribution in [-0.2, 0) is 0 Å². The fourth-order valence-corrected chi connectivity index (χ4v) is 4.88. The Morgan fingerprint density at radius 1 is 0.864 bits per heavy atom. The van der Waals surface area contributed by atoms with Gasteiger partial charge in [0.15, 0.2) is 0 Å². The first-order chi connectivity index (χ1) is 10.7. The largest absolute Gasteiger partial charge is 0.271 e. The Morgan fingerprint density at radius 2 is 1.55 bits per heavy atom. The van der Waals surface area contributed by atoms with Gasteiger partial charge in [-0.3, -0.25) is 14.5 Å². The van der Waals surface area contributed by atoms with Crippen LogP contribution in [0.1, 0.15) is 46.4 Å². The second kappa shape index (κ2) is 4.19. The summed E-state index contributed by atoms with van der Waals surface area (Å²) in [6, 6.07) is 11.6. The third-order valence-corrected chi connectivity index (χ3v) is 5.84. The Kier molecular flexibility index (Phi) is 2.36. The van der Waals surface area contributed by atoms with Gasteiger partial charge in [-0.1, -0.05) is 30.7 Å². The van der Waals surface area contributed by atoms with Crippen LogP contribution in [0, 0.1) is 11.8 Å². The van der Waals surface area contributed by atoms with Crippen molar-refractivity contribution in [1.29, 1.82) is 0 Å². The van der Waals surface area contributed by atoms with Crippen molar-refractivity contribution < 1.29 is 9.59 Å². The summed E-state index contributed by atoms with van der Waals surface area (Å²) in [5.41, 5.74) is 1.38. The van der Waals surface area contributed by atoms with Crippen LogP contribution in [0.2, 0.25) is 0 Å². The molecule has 22 heavy (non-hydrogen) atoms. The first-order valence-electron chi connectivity index (χ1n) is 8.13. The van der Waals surface area contributed by atoms with Crippen molar-refractivity contribution in [2.45, 2.75) is 31.7 Å². The number of nitrogens with zero attached hydrogens (tertiary/aromatic N) is 1. The maximum absolute atomic E-state index is 13.0. The Bertz CT molecular complexity index is 775. The molecule has 3 atom stereocenters. The zero-order chi connectivity index (χ0) is 14.8. The molecule has 2 aromatic carbocycles. The van der Waals surface area contributed by atoms with Crippen molar-refractivity contribution in [2.75, 3.05) is 0 Å². The van der Waals surface area contributed by atoms with Gasteiger partial charge in [-0.25, -0.2) is 0 Å². The van der Waals surface area contributed by atoms with Crippen molar-refractivity contribution in [3.63, 3.8) is 0 Å². The summed E-state index contributed by atoms with van der Waals surface area (Å²) in [6.45, 7) is 0. The Hall–Kier alpha value is -2.16. The molecule has 1 heterocycles. The lowest BCUT2D eigenvalue weighted by atomic mass is 9.89. The molecule has 1 aliphatic heterocycles. The Balaban J connectivity index is 1.69. The molecule has 2 bridgehead atoms. The van der Waals surface area contributed by atoms with E-state index >= 15 is 0 Å². The van der Waals surface area contributed by atoms with Gasteiger partial charge in [0, 0.05) is 22.6 Å². The molecular formula is C19H17NO2. The van der Waals surface area contributed by atoms with Gasteiger partial charge in [0.25, 0.3) is 11.8 Å². The highest BCUT2D eigenvalue weighted by atomic mass is 16.2. The number of hydrogen-bond donors (Lipinski definition) is 0. The monoisotopic (exact) mass is 291 g/mol. The minimum absolute atomic E-state index is 0.0909. The van der Waals surface area contributed by atoms with E-state index in [1.54, 1.807) is 4.90 Å². The number of amides is 2. The molecule has 0 spiro atoms. The fourth-order valence-electron chi connectivity index (χ4n) is 4.88. The number of carbonyl (C=O) groups excluding carboxylic acids is 2. The molecule has 2 saturated carbocycles. The lowest BCUT2D eigenvalue weighted by Gasteiger charge is -2.36. The quantitative estimate of drug-likeness (QED) is 0.752. The normalized spacial score (nSPS) is 29.6.